The van der Waals surface area contributed by atoms with Gasteiger partial charge in [-0.25, -0.2) is 0 Å². The van der Waals surface area contributed by atoms with E-state index in [-0.39, 0.29) is 29.7 Å². The number of amides is 2. The van der Waals surface area contributed by atoms with Crippen molar-refractivity contribution in [3.63, 3.8) is 0 Å². The summed E-state index contributed by atoms with van der Waals surface area (Å²) in [5.41, 5.74) is 1.90. The fourth-order valence-electron chi connectivity index (χ4n) is 2.60. The molecule has 2 aromatic carbocycles. The van der Waals surface area contributed by atoms with Crippen LogP contribution in [0.1, 0.15) is 39.1 Å². The lowest BCUT2D eigenvalue weighted by molar-refractivity contribution is -0.384. The van der Waals surface area contributed by atoms with E-state index in [2.05, 4.69) is 16.0 Å². The number of hydrogen-bond acceptors (Lipinski definition) is 5. The molecule has 0 spiro atoms. The number of nitro groups is 1. The molecule has 0 radical (unpaired) electrons. The lowest BCUT2D eigenvalue weighted by Crippen LogP contribution is -2.23. The first-order valence-corrected chi connectivity index (χ1v) is 8.62. The Morgan fingerprint density at radius 3 is 2.33 bits per heavy atom. The normalized spacial score (nSPS) is 12.9. The molecule has 2 amide bonds. The fraction of sp³-hybridized carbons (Fsp3) is 0.263. The van der Waals surface area contributed by atoms with Crippen molar-refractivity contribution in [3.8, 4) is 0 Å². The van der Waals surface area contributed by atoms with E-state index in [1.807, 2.05) is 0 Å². The Kier molecular flexibility index (Phi) is 5.35. The molecule has 8 heteroatoms. The third kappa shape index (κ3) is 4.60. The first kappa shape index (κ1) is 18.4. The van der Waals surface area contributed by atoms with Gasteiger partial charge < -0.3 is 16.0 Å². The number of nitrogens with one attached hydrogen (secondary N) is 3. The molecule has 0 heterocycles. The summed E-state index contributed by atoms with van der Waals surface area (Å²) in [4.78, 5) is 34.7. The smallest absolute Gasteiger partial charge is 0.293 e. The zero-order valence-electron chi connectivity index (χ0n) is 14.8. The maximum absolute atomic E-state index is 12.3. The highest BCUT2D eigenvalue weighted by Crippen LogP contribution is 2.31. The fourth-order valence-corrected chi connectivity index (χ4v) is 2.60. The quantitative estimate of drug-likeness (QED) is 0.513. The monoisotopic (exact) mass is 368 g/mol. The number of carbonyl (C=O) groups is 2. The summed E-state index contributed by atoms with van der Waals surface area (Å²) in [6, 6.07) is 11.5. The first-order chi connectivity index (χ1) is 13.0. The Labute approximate surface area is 156 Å². The topological polar surface area (TPSA) is 113 Å². The molecule has 0 saturated heterocycles. The van der Waals surface area contributed by atoms with Crippen molar-refractivity contribution in [2.75, 3.05) is 12.4 Å². The number of nitro benzene ring substituents is 1. The number of hydrogen-bond donors (Lipinski definition) is 3. The van der Waals surface area contributed by atoms with Crippen LogP contribution in [0.4, 0.5) is 11.4 Å². The van der Waals surface area contributed by atoms with Crippen LogP contribution in [0, 0.1) is 10.1 Å². The molecule has 8 nitrogen and oxygen atoms in total. The number of rotatable bonds is 7. The van der Waals surface area contributed by atoms with Crippen LogP contribution in [-0.4, -0.2) is 29.8 Å². The lowest BCUT2D eigenvalue weighted by atomic mass is 10.1. The highest BCUT2D eigenvalue weighted by molar-refractivity contribution is 5.96. The SMILES string of the molecule is CNC(=O)c1ccc(CNC(=O)c2ccc(NC3CC3)c([N+](=O)[O-])c2)cc1. The molecule has 2 aromatic rings. The van der Waals surface area contributed by atoms with Crippen molar-refractivity contribution >= 4 is 23.2 Å². The van der Waals surface area contributed by atoms with E-state index in [4.69, 9.17) is 0 Å². The van der Waals surface area contributed by atoms with Gasteiger partial charge in [0.1, 0.15) is 5.69 Å². The molecule has 0 aromatic heterocycles. The number of benzene rings is 2. The van der Waals surface area contributed by atoms with Gasteiger partial charge in [0.15, 0.2) is 0 Å². The van der Waals surface area contributed by atoms with Gasteiger partial charge in [0.25, 0.3) is 17.5 Å². The van der Waals surface area contributed by atoms with Gasteiger partial charge in [-0.3, -0.25) is 19.7 Å². The first-order valence-electron chi connectivity index (χ1n) is 8.62. The molecule has 1 fully saturated rings. The largest absolute Gasteiger partial charge is 0.377 e. The van der Waals surface area contributed by atoms with E-state index < -0.39 is 10.8 Å². The molecule has 0 unspecified atom stereocenters. The van der Waals surface area contributed by atoms with Crippen molar-refractivity contribution in [2.24, 2.45) is 0 Å². The van der Waals surface area contributed by atoms with Crippen LogP contribution in [0.3, 0.4) is 0 Å². The Morgan fingerprint density at radius 1 is 1.07 bits per heavy atom. The molecular weight excluding hydrogens is 348 g/mol. The zero-order chi connectivity index (χ0) is 19.4. The number of anilines is 1. The van der Waals surface area contributed by atoms with E-state index >= 15 is 0 Å². The van der Waals surface area contributed by atoms with Crippen LogP contribution < -0.4 is 16.0 Å². The van der Waals surface area contributed by atoms with Crippen LogP contribution in [0.15, 0.2) is 42.5 Å². The van der Waals surface area contributed by atoms with Crippen molar-refractivity contribution in [2.45, 2.75) is 25.4 Å². The molecule has 0 bridgehead atoms. The van der Waals surface area contributed by atoms with E-state index in [1.165, 1.54) is 6.07 Å². The van der Waals surface area contributed by atoms with Crippen molar-refractivity contribution in [1.29, 1.82) is 0 Å². The highest BCUT2D eigenvalue weighted by atomic mass is 16.6. The van der Waals surface area contributed by atoms with Gasteiger partial charge in [-0.15, -0.1) is 0 Å². The highest BCUT2D eigenvalue weighted by Gasteiger charge is 2.25. The summed E-state index contributed by atoms with van der Waals surface area (Å²) < 4.78 is 0. The van der Waals surface area contributed by atoms with Gasteiger partial charge in [0, 0.05) is 36.8 Å². The van der Waals surface area contributed by atoms with Gasteiger partial charge in [-0.05, 0) is 42.7 Å². The predicted molar refractivity (Wildman–Crippen MR) is 101 cm³/mol. The van der Waals surface area contributed by atoms with Crippen molar-refractivity contribution in [3.05, 3.63) is 69.3 Å². The molecular formula is C19H20N4O4. The summed E-state index contributed by atoms with van der Waals surface area (Å²) in [5, 5.41) is 19.7. The second-order valence-electron chi connectivity index (χ2n) is 6.37. The minimum atomic E-state index is -0.487. The van der Waals surface area contributed by atoms with Crippen LogP contribution in [0.25, 0.3) is 0 Å². The van der Waals surface area contributed by atoms with Crippen molar-refractivity contribution < 1.29 is 14.5 Å². The summed E-state index contributed by atoms with van der Waals surface area (Å²) in [5.74, 6) is -0.579. The maximum atomic E-state index is 12.3. The lowest BCUT2D eigenvalue weighted by Gasteiger charge is -2.09. The van der Waals surface area contributed by atoms with Crippen LogP contribution in [0.2, 0.25) is 0 Å². The molecule has 3 N–H and O–H groups in total. The second-order valence-corrected chi connectivity index (χ2v) is 6.37. The maximum Gasteiger partial charge on any atom is 0.293 e. The third-order valence-electron chi connectivity index (χ3n) is 4.29. The van der Waals surface area contributed by atoms with Gasteiger partial charge in [-0.2, -0.15) is 0 Å². The van der Waals surface area contributed by atoms with Gasteiger partial charge in [0.2, 0.25) is 0 Å². The van der Waals surface area contributed by atoms with Crippen LogP contribution in [0.5, 0.6) is 0 Å². The molecule has 3 rings (SSSR count). The molecule has 0 aliphatic heterocycles. The van der Waals surface area contributed by atoms with Crippen LogP contribution in [-0.2, 0) is 6.54 Å². The second kappa shape index (κ2) is 7.86. The Hall–Kier alpha value is -3.42. The predicted octanol–water partition coefficient (Wildman–Crippen LogP) is 2.46. The Morgan fingerprint density at radius 2 is 1.74 bits per heavy atom. The van der Waals surface area contributed by atoms with E-state index in [0.717, 1.165) is 18.4 Å². The molecule has 1 aliphatic carbocycles. The van der Waals surface area contributed by atoms with E-state index in [1.54, 1.807) is 43.4 Å². The molecule has 0 atom stereocenters. The average molecular weight is 368 g/mol. The molecule has 1 saturated carbocycles. The summed E-state index contributed by atoms with van der Waals surface area (Å²) in [7, 11) is 1.56. The molecule has 27 heavy (non-hydrogen) atoms. The minimum absolute atomic E-state index is 0.107. The van der Waals surface area contributed by atoms with Gasteiger partial charge in [0.05, 0.1) is 4.92 Å². The number of nitrogens with zero attached hydrogens (tertiary/aromatic N) is 1. The van der Waals surface area contributed by atoms with Gasteiger partial charge in [-0.1, -0.05) is 12.1 Å². The Bertz CT molecular complexity index is 876. The average Bonchev–Trinajstić information content (AvgIpc) is 3.50. The van der Waals surface area contributed by atoms with Crippen LogP contribution >= 0.6 is 0 Å². The molecule has 140 valence electrons. The van der Waals surface area contributed by atoms with E-state index in [0.29, 0.717) is 11.3 Å². The standard InChI is InChI=1S/C19H20N4O4/c1-20-18(24)13-4-2-12(3-5-13)11-21-19(25)14-6-9-16(22-15-7-8-15)17(10-14)23(26)27/h2-6,9-10,15,22H,7-8,11H2,1H3,(H,20,24)(H,21,25). The Balaban J connectivity index is 1.66. The summed E-state index contributed by atoms with van der Waals surface area (Å²) >= 11 is 0. The van der Waals surface area contributed by atoms with E-state index in [9.17, 15) is 19.7 Å². The summed E-state index contributed by atoms with van der Waals surface area (Å²) in [6.07, 6.45) is 2.00. The summed E-state index contributed by atoms with van der Waals surface area (Å²) in [6.45, 7) is 0.253. The van der Waals surface area contributed by atoms with Gasteiger partial charge >= 0.3 is 0 Å². The zero-order valence-corrected chi connectivity index (χ0v) is 14.8. The molecule has 1 aliphatic rings. The van der Waals surface area contributed by atoms with Crippen molar-refractivity contribution in [1.82, 2.24) is 10.6 Å². The number of carbonyl (C=O) groups excluding carboxylic acids is 2. The third-order valence-corrected chi connectivity index (χ3v) is 4.29. The minimum Gasteiger partial charge on any atom is -0.377 e.